The zero-order chi connectivity index (χ0) is 11.9. The first kappa shape index (κ1) is 14.6. The number of nitrogens with one attached hydrogen (secondary N) is 1. The van der Waals surface area contributed by atoms with E-state index in [1.54, 1.807) is 0 Å². The van der Waals surface area contributed by atoms with E-state index in [-0.39, 0.29) is 6.42 Å². The number of hydrogen-bond acceptors (Lipinski definition) is 3. The van der Waals surface area contributed by atoms with Gasteiger partial charge < -0.3 is 5.11 Å². The summed E-state index contributed by atoms with van der Waals surface area (Å²) in [6.45, 7) is -1.26. The first-order chi connectivity index (χ1) is 6.87. The molecule has 7 heteroatoms. The second-order valence-electron chi connectivity index (χ2n) is 3.02. The van der Waals surface area contributed by atoms with E-state index >= 15 is 0 Å². The molecule has 0 aromatic heterocycles. The summed E-state index contributed by atoms with van der Waals surface area (Å²) in [6, 6.07) is -1.11. The normalized spacial score (nSPS) is 13.9. The molecule has 0 saturated heterocycles. The Morgan fingerprint density at radius 3 is 2.53 bits per heavy atom. The molecule has 0 aliphatic rings. The summed E-state index contributed by atoms with van der Waals surface area (Å²) in [5.74, 6) is -0.488. The summed E-state index contributed by atoms with van der Waals surface area (Å²) in [5.41, 5.74) is 0. The molecule has 0 aliphatic carbocycles. The second-order valence-corrected chi connectivity index (χ2v) is 4.01. The minimum atomic E-state index is -4.37. The lowest BCUT2D eigenvalue weighted by Gasteiger charge is -2.15. The van der Waals surface area contributed by atoms with Crippen molar-refractivity contribution in [2.75, 3.05) is 18.6 Å². The van der Waals surface area contributed by atoms with E-state index in [2.05, 4.69) is 0 Å². The first-order valence-corrected chi connectivity index (χ1v) is 5.78. The van der Waals surface area contributed by atoms with Gasteiger partial charge in [0.05, 0.1) is 6.54 Å². The SMILES string of the molecule is CSCCCC(NCC(F)(F)F)C(=O)O. The Hall–Kier alpha value is -0.430. The zero-order valence-electron chi connectivity index (χ0n) is 8.30. The number of thioether (sulfide) groups is 1. The second kappa shape index (κ2) is 6.95. The van der Waals surface area contributed by atoms with E-state index < -0.39 is 24.7 Å². The lowest BCUT2D eigenvalue weighted by molar-refractivity contribution is -0.143. The van der Waals surface area contributed by atoms with Gasteiger partial charge in [-0.15, -0.1) is 0 Å². The lowest BCUT2D eigenvalue weighted by Crippen LogP contribution is -2.42. The molecule has 0 spiro atoms. The number of alkyl halides is 3. The van der Waals surface area contributed by atoms with Crippen LogP contribution in [0.25, 0.3) is 0 Å². The smallest absolute Gasteiger partial charge is 0.401 e. The van der Waals surface area contributed by atoms with Crippen molar-refractivity contribution in [3.63, 3.8) is 0 Å². The Morgan fingerprint density at radius 1 is 1.53 bits per heavy atom. The van der Waals surface area contributed by atoms with Gasteiger partial charge in [0.1, 0.15) is 6.04 Å². The van der Waals surface area contributed by atoms with Gasteiger partial charge >= 0.3 is 12.1 Å². The van der Waals surface area contributed by atoms with Crippen LogP contribution in [0.4, 0.5) is 13.2 Å². The predicted octanol–water partition coefficient (Wildman–Crippen LogP) is 1.73. The van der Waals surface area contributed by atoms with E-state index in [9.17, 15) is 18.0 Å². The Labute approximate surface area is 90.4 Å². The van der Waals surface area contributed by atoms with E-state index in [0.29, 0.717) is 6.42 Å². The van der Waals surface area contributed by atoms with Crippen molar-refractivity contribution in [2.24, 2.45) is 0 Å². The van der Waals surface area contributed by atoms with Gasteiger partial charge in [-0.25, -0.2) is 0 Å². The van der Waals surface area contributed by atoms with E-state index in [1.165, 1.54) is 11.8 Å². The van der Waals surface area contributed by atoms with Gasteiger partial charge in [0.25, 0.3) is 0 Å². The van der Waals surface area contributed by atoms with Crippen LogP contribution in [0, 0.1) is 0 Å². The molecule has 15 heavy (non-hydrogen) atoms. The highest BCUT2D eigenvalue weighted by molar-refractivity contribution is 7.98. The third-order valence-corrected chi connectivity index (χ3v) is 2.39. The van der Waals surface area contributed by atoms with E-state index in [1.807, 2.05) is 11.6 Å². The maximum Gasteiger partial charge on any atom is 0.401 e. The molecule has 1 atom stereocenters. The van der Waals surface area contributed by atoms with Crippen molar-refractivity contribution in [3.8, 4) is 0 Å². The molecular formula is C8H14F3NO2S. The van der Waals surface area contributed by atoms with Crippen molar-refractivity contribution >= 4 is 17.7 Å². The standard InChI is InChI=1S/C8H14F3NO2S/c1-15-4-2-3-6(7(13)14)12-5-8(9,10)11/h6,12H,2-5H2,1H3,(H,13,14). The number of rotatable bonds is 7. The van der Waals surface area contributed by atoms with Crippen LogP contribution in [-0.2, 0) is 4.79 Å². The largest absolute Gasteiger partial charge is 0.480 e. The number of halogens is 3. The third-order valence-electron chi connectivity index (χ3n) is 1.69. The van der Waals surface area contributed by atoms with Gasteiger partial charge in [-0.2, -0.15) is 24.9 Å². The van der Waals surface area contributed by atoms with Gasteiger partial charge in [0.2, 0.25) is 0 Å². The van der Waals surface area contributed by atoms with E-state index in [4.69, 9.17) is 5.11 Å². The monoisotopic (exact) mass is 245 g/mol. The molecule has 0 amide bonds. The van der Waals surface area contributed by atoms with Crippen LogP contribution < -0.4 is 5.32 Å². The average Bonchev–Trinajstić information content (AvgIpc) is 2.08. The predicted molar refractivity (Wildman–Crippen MR) is 53.1 cm³/mol. The summed E-state index contributed by atoms with van der Waals surface area (Å²) < 4.78 is 35.4. The van der Waals surface area contributed by atoms with E-state index in [0.717, 1.165) is 5.75 Å². The molecule has 0 aromatic carbocycles. The average molecular weight is 245 g/mol. The molecule has 0 saturated carbocycles. The number of carbonyl (C=O) groups is 1. The topological polar surface area (TPSA) is 49.3 Å². The maximum absolute atomic E-state index is 11.8. The molecule has 1 unspecified atom stereocenters. The summed E-state index contributed by atoms with van der Waals surface area (Å²) in [6.07, 6.45) is -1.71. The quantitative estimate of drug-likeness (QED) is 0.671. The van der Waals surface area contributed by atoms with Crippen molar-refractivity contribution < 1.29 is 23.1 Å². The molecule has 0 fully saturated rings. The Balaban J connectivity index is 3.89. The highest BCUT2D eigenvalue weighted by Crippen LogP contribution is 2.13. The fraction of sp³-hybridized carbons (Fsp3) is 0.875. The first-order valence-electron chi connectivity index (χ1n) is 4.38. The summed E-state index contributed by atoms with van der Waals surface area (Å²) >= 11 is 1.54. The van der Waals surface area contributed by atoms with Crippen LogP contribution in [0.5, 0.6) is 0 Å². The Kier molecular flexibility index (Phi) is 6.75. The van der Waals surface area contributed by atoms with Gasteiger partial charge in [0, 0.05) is 0 Å². The highest BCUT2D eigenvalue weighted by Gasteiger charge is 2.29. The van der Waals surface area contributed by atoms with Crippen LogP contribution in [0.3, 0.4) is 0 Å². The minimum absolute atomic E-state index is 0.215. The Bertz CT molecular complexity index is 199. The number of carboxylic acids is 1. The summed E-state index contributed by atoms with van der Waals surface area (Å²) in [5, 5.41) is 10.6. The molecule has 0 aliphatic heterocycles. The Morgan fingerprint density at radius 2 is 2.13 bits per heavy atom. The number of carboxylic acid groups (broad SMARTS) is 1. The molecule has 0 heterocycles. The molecule has 0 bridgehead atoms. The fourth-order valence-electron chi connectivity index (χ4n) is 0.984. The number of aliphatic carboxylic acids is 1. The molecular weight excluding hydrogens is 231 g/mol. The van der Waals surface area contributed by atoms with Gasteiger partial charge in [-0.1, -0.05) is 0 Å². The fourth-order valence-corrected chi connectivity index (χ4v) is 1.44. The van der Waals surface area contributed by atoms with Gasteiger partial charge in [-0.05, 0) is 24.9 Å². The van der Waals surface area contributed by atoms with Crippen molar-refractivity contribution in [1.29, 1.82) is 0 Å². The summed E-state index contributed by atoms with van der Waals surface area (Å²) in [7, 11) is 0. The molecule has 2 N–H and O–H groups in total. The van der Waals surface area contributed by atoms with Crippen LogP contribution in [-0.4, -0.2) is 41.8 Å². The molecule has 0 radical (unpaired) electrons. The zero-order valence-corrected chi connectivity index (χ0v) is 9.12. The third kappa shape index (κ3) is 8.56. The van der Waals surface area contributed by atoms with Crippen molar-refractivity contribution in [2.45, 2.75) is 25.1 Å². The van der Waals surface area contributed by atoms with Crippen molar-refractivity contribution in [3.05, 3.63) is 0 Å². The van der Waals surface area contributed by atoms with Crippen LogP contribution in [0.15, 0.2) is 0 Å². The van der Waals surface area contributed by atoms with Gasteiger partial charge in [0.15, 0.2) is 0 Å². The summed E-state index contributed by atoms with van der Waals surface area (Å²) in [4.78, 5) is 10.6. The number of hydrogen-bond donors (Lipinski definition) is 2. The molecule has 90 valence electrons. The van der Waals surface area contributed by atoms with Crippen LogP contribution in [0.2, 0.25) is 0 Å². The molecule has 0 aromatic rings. The molecule has 3 nitrogen and oxygen atoms in total. The molecule has 0 rings (SSSR count). The van der Waals surface area contributed by atoms with Crippen molar-refractivity contribution in [1.82, 2.24) is 5.32 Å². The minimum Gasteiger partial charge on any atom is -0.480 e. The van der Waals surface area contributed by atoms with Crippen LogP contribution >= 0.6 is 11.8 Å². The highest BCUT2D eigenvalue weighted by atomic mass is 32.2. The lowest BCUT2D eigenvalue weighted by atomic mass is 10.1. The van der Waals surface area contributed by atoms with Gasteiger partial charge in [-0.3, -0.25) is 10.1 Å². The maximum atomic E-state index is 11.8. The van der Waals surface area contributed by atoms with Crippen LogP contribution in [0.1, 0.15) is 12.8 Å².